The van der Waals surface area contributed by atoms with Crippen molar-refractivity contribution in [3.63, 3.8) is 0 Å². The van der Waals surface area contributed by atoms with Gasteiger partial charge in [0, 0.05) is 29.8 Å². The van der Waals surface area contributed by atoms with Crippen LogP contribution in [0.15, 0.2) is 51.7 Å². The van der Waals surface area contributed by atoms with E-state index in [1.54, 1.807) is 12.1 Å². The third-order valence-electron chi connectivity index (χ3n) is 11.1. The molecular formula is C38H43BClN3O5. The summed E-state index contributed by atoms with van der Waals surface area (Å²) >= 11 is 6.43. The van der Waals surface area contributed by atoms with Crippen molar-refractivity contribution in [2.45, 2.75) is 91.4 Å². The van der Waals surface area contributed by atoms with E-state index in [2.05, 4.69) is 21.3 Å². The lowest BCUT2D eigenvalue weighted by Crippen LogP contribution is -2.41. The molecule has 1 atom stereocenters. The summed E-state index contributed by atoms with van der Waals surface area (Å²) in [5.74, 6) is 0.678. The largest absolute Gasteiger partial charge is 0.495 e. The first-order valence-electron chi connectivity index (χ1n) is 16.9. The Morgan fingerprint density at radius 3 is 2.31 bits per heavy atom. The molecule has 0 radical (unpaired) electrons. The molecule has 250 valence electrons. The van der Waals surface area contributed by atoms with Gasteiger partial charge in [-0.25, -0.2) is 4.98 Å². The molecule has 10 heteroatoms. The second-order valence-electron chi connectivity index (χ2n) is 15.0. The number of benzene rings is 2. The molecule has 2 aliphatic heterocycles. The van der Waals surface area contributed by atoms with Gasteiger partial charge < -0.3 is 23.9 Å². The molecule has 2 aromatic heterocycles. The third kappa shape index (κ3) is 5.74. The molecule has 3 fully saturated rings. The van der Waals surface area contributed by atoms with Crippen LogP contribution in [0.3, 0.4) is 0 Å². The highest BCUT2D eigenvalue weighted by Crippen LogP contribution is 2.54. The van der Waals surface area contributed by atoms with Crippen molar-refractivity contribution in [3.8, 4) is 11.3 Å². The average Bonchev–Trinajstić information content (AvgIpc) is 3.76. The van der Waals surface area contributed by atoms with E-state index in [1.165, 1.54) is 12.8 Å². The summed E-state index contributed by atoms with van der Waals surface area (Å²) in [5.41, 5.74) is 5.70. The van der Waals surface area contributed by atoms with Crippen molar-refractivity contribution in [1.29, 1.82) is 0 Å². The SMILES string of the molecule is Cc1cc(C(C)Nc2ccc(Cl)nc2-c2ccc(B3OC(C)(C)C(C)(C)O3)c(C=O)c2)c2oc(N3CCC4(CC3)CC4)c(C)c(=O)c2c1. The number of aromatic nitrogens is 1. The summed E-state index contributed by atoms with van der Waals surface area (Å²) in [6, 6.07) is 12.9. The Bertz CT molecular complexity index is 1980. The van der Waals surface area contributed by atoms with E-state index in [1.807, 2.05) is 72.7 Å². The molecule has 0 amide bonds. The lowest BCUT2D eigenvalue weighted by atomic mass is 9.75. The standard InChI is InChI=1S/C38H43BClN3O5/c1-22-18-27(34-28(19-22)33(45)23(2)35(46-34)43-16-14-38(12-13-38)15-17-43)24(3)41-30-10-11-31(40)42-32(30)25-8-9-29(26(20-25)21-44)39-47-36(4,5)37(6,7)48-39/h8-11,18-21,24,41H,12-17H2,1-7H3. The number of hydrogen-bond donors (Lipinski definition) is 1. The van der Waals surface area contributed by atoms with Crippen LogP contribution in [0.1, 0.15) is 93.4 Å². The fourth-order valence-corrected chi connectivity index (χ4v) is 7.28. The van der Waals surface area contributed by atoms with E-state index in [-0.39, 0.29) is 11.5 Å². The van der Waals surface area contributed by atoms with Crippen molar-refractivity contribution in [3.05, 3.63) is 80.1 Å². The van der Waals surface area contributed by atoms with Crippen LogP contribution in [-0.2, 0) is 9.31 Å². The minimum Gasteiger partial charge on any atom is -0.440 e. The van der Waals surface area contributed by atoms with Crippen LogP contribution < -0.4 is 21.1 Å². The minimum atomic E-state index is -0.674. The zero-order chi connectivity index (χ0) is 34.2. The summed E-state index contributed by atoms with van der Waals surface area (Å²) in [6.07, 6.45) is 5.73. The summed E-state index contributed by atoms with van der Waals surface area (Å²) in [4.78, 5) is 33.1. The van der Waals surface area contributed by atoms with Crippen LogP contribution in [0.4, 0.5) is 11.6 Å². The van der Waals surface area contributed by atoms with Crippen LogP contribution in [0.25, 0.3) is 22.2 Å². The van der Waals surface area contributed by atoms with Gasteiger partial charge in [-0.15, -0.1) is 0 Å². The van der Waals surface area contributed by atoms with Crippen molar-refractivity contribution in [2.75, 3.05) is 23.3 Å². The van der Waals surface area contributed by atoms with Crippen LogP contribution >= 0.6 is 11.6 Å². The van der Waals surface area contributed by atoms with Gasteiger partial charge in [-0.05, 0) is 115 Å². The Morgan fingerprint density at radius 1 is 0.979 bits per heavy atom. The van der Waals surface area contributed by atoms with E-state index < -0.39 is 18.3 Å². The second-order valence-corrected chi connectivity index (χ2v) is 15.4. The summed E-state index contributed by atoms with van der Waals surface area (Å²) in [7, 11) is -0.674. The molecule has 48 heavy (non-hydrogen) atoms. The highest BCUT2D eigenvalue weighted by Gasteiger charge is 2.52. The van der Waals surface area contributed by atoms with E-state index in [9.17, 15) is 9.59 Å². The topological polar surface area (TPSA) is 93.9 Å². The molecule has 2 aromatic carbocycles. The zero-order valence-electron chi connectivity index (χ0n) is 28.8. The number of aldehydes is 1. The minimum absolute atomic E-state index is 0.00689. The van der Waals surface area contributed by atoms with Crippen LogP contribution in [0.5, 0.6) is 0 Å². The highest BCUT2D eigenvalue weighted by atomic mass is 35.5. The quantitative estimate of drug-likeness (QED) is 0.121. The predicted octanol–water partition coefficient (Wildman–Crippen LogP) is 7.79. The number of carbonyl (C=O) groups is 1. The molecule has 7 rings (SSSR count). The molecule has 4 aromatic rings. The first-order chi connectivity index (χ1) is 22.7. The first-order valence-corrected chi connectivity index (χ1v) is 17.3. The first kappa shape index (κ1) is 32.9. The van der Waals surface area contributed by atoms with Gasteiger partial charge in [-0.1, -0.05) is 29.8 Å². The van der Waals surface area contributed by atoms with Gasteiger partial charge in [0.25, 0.3) is 0 Å². The summed E-state index contributed by atoms with van der Waals surface area (Å²) in [5, 5.41) is 4.53. The van der Waals surface area contributed by atoms with Gasteiger partial charge in [0.15, 0.2) is 5.43 Å². The van der Waals surface area contributed by atoms with Crippen molar-refractivity contribution in [1.82, 2.24) is 4.98 Å². The number of fused-ring (bicyclic) bond motifs is 1. The Balaban J connectivity index is 1.23. The molecular weight excluding hydrogens is 625 g/mol. The highest BCUT2D eigenvalue weighted by molar-refractivity contribution is 6.63. The van der Waals surface area contributed by atoms with E-state index in [0.717, 1.165) is 49.0 Å². The van der Waals surface area contributed by atoms with Gasteiger partial charge in [-0.3, -0.25) is 9.59 Å². The molecule has 1 N–H and O–H groups in total. The summed E-state index contributed by atoms with van der Waals surface area (Å²) < 4.78 is 19.2. The number of nitrogens with zero attached hydrogens (tertiary/aromatic N) is 2. The van der Waals surface area contributed by atoms with Crippen LogP contribution in [0.2, 0.25) is 5.15 Å². The molecule has 2 saturated heterocycles. The molecule has 8 nitrogen and oxygen atoms in total. The molecule has 1 saturated carbocycles. The maximum Gasteiger partial charge on any atom is 0.495 e. The van der Waals surface area contributed by atoms with E-state index in [0.29, 0.717) is 55.3 Å². The number of pyridine rings is 1. The predicted molar refractivity (Wildman–Crippen MR) is 193 cm³/mol. The lowest BCUT2D eigenvalue weighted by molar-refractivity contribution is 0.00578. The maximum atomic E-state index is 13.8. The third-order valence-corrected chi connectivity index (χ3v) is 11.3. The number of carbonyl (C=O) groups excluding carboxylic acids is 1. The molecule has 3 aliphatic rings. The zero-order valence-corrected chi connectivity index (χ0v) is 29.6. The molecule has 1 unspecified atom stereocenters. The van der Waals surface area contributed by atoms with Crippen molar-refractivity contribution in [2.24, 2.45) is 5.41 Å². The van der Waals surface area contributed by atoms with Gasteiger partial charge in [0.05, 0.1) is 39.6 Å². The number of aryl methyl sites for hydroxylation is 1. The van der Waals surface area contributed by atoms with Gasteiger partial charge in [0.2, 0.25) is 5.88 Å². The Labute approximate surface area is 287 Å². The number of anilines is 2. The van der Waals surface area contributed by atoms with Crippen LogP contribution in [0, 0.1) is 19.3 Å². The van der Waals surface area contributed by atoms with E-state index >= 15 is 0 Å². The average molecular weight is 668 g/mol. The van der Waals surface area contributed by atoms with Gasteiger partial charge >= 0.3 is 7.12 Å². The van der Waals surface area contributed by atoms with E-state index in [4.69, 9.17) is 25.3 Å². The van der Waals surface area contributed by atoms with Gasteiger partial charge in [-0.2, -0.15) is 0 Å². The Kier molecular flexibility index (Phi) is 8.04. The molecule has 1 spiro atoms. The normalized spacial score (nSPS) is 19.9. The number of halogens is 1. The molecule has 1 aliphatic carbocycles. The van der Waals surface area contributed by atoms with Crippen molar-refractivity contribution >= 4 is 53.0 Å². The van der Waals surface area contributed by atoms with Gasteiger partial charge in [0.1, 0.15) is 17.0 Å². The fourth-order valence-electron chi connectivity index (χ4n) is 7.13. The number of piperidine rings is 1. The Hall–Kier alpha value is -3.66. The summed E-state index contributed by atoms with van der Waals surface area (Å²) in [6.45, 7) is 15.7. The number of rotatable bonds is 7. The second kappa shape index (κ2) is 11.7. The Morgan fingerprint density at radius 2 is 1.67 bits per heavy atom. The number of nitrogens with one attached hydrogen (secondary N) is 1. The lowest BCUT2D eigenvalue weighted by Gasteiger charge is -2.33. The van der Waals surface area contributed by atoms with Crippen molar-refractivity contribution < 1.29 is 18.5 Å². The van der Waals surface area contributed by atoms with Crippen LogP contribution in [-0.4, -0.2) is 42.7 Å². The molecule has 4 heterocycles. The number of hydrogen-bond acceptors (Lipinski definition) is 8. The maximum absolute atomic E-state index is 13.8. The molecule has 0 bridgehead atoms. The monoisotopic (exact) mass is 667 g/mol. The smallest absolute Gasteiger partial charge is 0.440 e. The fraction of sp³-hybridized carbons (Fsp3) is 0.447.